The van der Waals surface area contributed by atoms with E-state index in [0.717, 1.165) is 5.69 Å². The Morgan fingerprint density at radius 2 is 1.88 bits per heavy atom. The summed E-state index contributed by atoms with van der Waals surface area (Å²) in [5.74, 6) is 0.142. The molecule has 2 heterocycles. The number of nitrogens with zero attached hydrogens (tertiary/aromatic N) is 3. The van der Waals surface area contributed by atoms with Crippen molar-refractivity contribution in [2.45, 2.75) is 32.5 Å². The van der Waals surface area contributed by atoms with Gasteiger partial charge in [-0.25, -0.2) is 9.18 Å². The van der Waals surface area contributed by atoms with E-state index in [4.69, 9.17) is 4.74 Å². The second-order valence-corrected chi connectivity index (χ2v) is 8.55. The van der Waals surface area contributed by atoms with Gasteiger partial charge in [-0.15, -0.1) is 0 Å². The monoisotopic (exact) mass is 464 g/mol. The van der Waals surface area contributed by atoms with Gasteiger partial charge in [-0.05, 0) is 67.9 Å². The number of aromatic nitrogens is 1. The van der Waals surface area contributed by atoms with E-state index in [2.05, 4.69) is 9.88 Å². The SMILES string of the molecule is COc1ccc(NC(=O)N(CC(=O)N2CCn3cccc3C2c2cccc(F)c2)C(C)C)cc1. The van der Waals surface area contributed by atoms with Gasteiger partial charge in [0.15, 0.2) is 0 Å². The van der Waals surface area contributed by atoms with Gasteiger partial charge in [-0.3, -0.25) is 4.79 Å². The number of ether oxygens (including phenoxy) is 1. The molecule has 3 aromatic rings. The zero-order valence-corrected chi connectivity index (χ0v) is 19.6. The number of benzene rings is 2. The van der Waals surface area contributed by atoms with Crippen molar-refractivity contribution in [3.05, 3.63) is 83.9 Å². The summed E-state index contributed by atoms with van der Waals surface area (Å²) in [4.78, 5) is 29.8. The average Bonchev–Trinajstić information content (AvgIpc) is 3.31. The third-order valence-electron chi connectivity index (χ3n) is 6.05. The number of carbonyl (C=O) groups is 2. The summed E-state index contributed by atoms with van der Waals surface area (Å²) in [6, 6.07) is 16.2. The second kappa shape index (κ2) is 9.99. The van der Waals surface area contributed by atoms with Gasteiger partial charge in [0, 0.05) is 36.7 Å². The smallest absolute Gasteiger partial charge is 0.322 e. The van der Waals surface area contributed by atoms with Gasteiger partial charge in [-0.2, -0.15) is 0 Å². The van der Waals surface area contributed by atoms with Crippen LogP contribution in [-0.4, -0.2) is 52.5 Å². The van der Waals surface area contributed by atoms with E-state index in [0.29, 0.717) is 30.1 Å². The number of rotatable bonds is 6. The predicted molar refractivity (Wildman–Crippen MR) is 128 cm³/mol. The lowest BCUT2D eigenvalue weighted by Gasteiger charge is -2.39. The number of fused-ring (bicyclic) bond motifs is 1. The summed E-state index contributed by atoms with van der Waals surface area (Å²) in [7, 11) is 1.58. The summed E-state index contributed by atoms with van der Waals surface area (Å²) in [5, 5.41) is 2.85. The average molecular weight is 465 g/mol. The highest BCUT2D eigenvalue weighted by atomic mass is 19.1. The van der Waals surface area contributed by atoms with Crippen LogP contribution in [0, 0.1) is 5.82 Å². The standard InChI is InChI=1S/C26H29FN4O3/c1-18(2)31(26(33)28-21-9-11-22(34-3)12-10-21)17-24(32)30-15-14-29-13-5-8-23(29)25(30)19-6-4-7-20(27)16-19/h4-13,16,18,25H,14-15,17H2,1-3H3,(H,28,33). The number of urea groups is 1. The van der Waals surface area contributed by atoms with Crippen LogP contribution in [0.1, 0.15) is 31.1 Å². The van der Waals surface area contributed by atoms with E-state index < -0.39 is 6.04 Å². The van der Waals surface area contributed by atoms with Gasteiger partial charge in [0.2, 0.25) is 5.91 Å². The maximum Gasteiger partial charge on any atom is 0.322 e. The number of carbonyl (C=O) groups excluding carboxylic acids is 2. The molecule has 0 radical (unpaired) electrons. The Kier molecular flexibility index (Phi) is 6.86. The fraction of sp³-hybridized carbons (Fsp3) is 0.308. The maximum atomic E-state index is 14.0. The van der Waals surface area contributed by atoms with Crippen molar-refractivity contribution in [1.82, 2.24) is 14.4 Å². The van der Waals surface area contributed by atoms with Crippen molar-refractivity contribution in [1.29, 1.82) is 0 Å². The summed E-state index contributed by atoms with van der Waals surface area (Å²) in [6.45, 7) is 4.75. The van der Waals surface area contributed by atoms with Crippen molar-refractivity contribution in [2.75, 3.05) is 25.5 Å². The molecule has 8 heteroatoms. The molecule has 7 nitrogen and oxygen atoms in total. The van der Waals surface area contributed by atoms with E-state index in [1.54, 1.807) is 42.3 Å². The third kappa shape index (κ3) is 4.90. The molecule has 1 aliphatic rings. The second-order valence-electron chi connectivity index (χ2n) is 8.55. The summed E-state index contributed by atoms with van der Waals surface area (Å²) in [5.41, 5.74) is 2.23. The first kappa shape index (κ1) is 23.4. The lowest BCUT2D eigenvalue weighted by atomic mass is 9.99. The number of hydrogen-bond acceptors (Lipinski definition) is 3. The van der Waals surface area contributed by atoms with Gasteiger partial charge in [0.05, 0.1) is 13.2 Å². The van der Waals surface area contributed by atoms with Crippen LogP contribution >= 0.6 is 0 Å². The Labute approximate surface area is 198 Å². The zero-order chi connectivity index (χ0) is 24.2. The van der Waals surface area contributed by atoms with Crippen molar-refractivity contribution in [3.63, 3.8) is 0 Å². The maximum absolute atomic E-state index is 14.0. The van der Waals surface area contributed by atoms with Crippen LogP contribution in [0.2, 0.25) is 0 Å². The van der Waals surface area contributed by atoms with E-state index in [-0.39, 0.29) is 30.3 Å². The Bertz CT molecular complexity index is 1160. The lowest BCUT2D eigenvalue weighted by Crippen LogP contribution is -2.50. The molecule has 2 aromatic carbocycles. The predicted octanol–water partition coefficient (Wildman–Crippen LogP) is 4.51. The van der Waals surface area contributed by atoms with Crippen LogP contribution in [0.15, 0.2) is 66.9 Å². The van der Waals surface area contributed by atoms with E-state index in [9.17, 15) is 14.0 Å². The molecule has 0 bridgehead atoms. The molecular weight excluding hydrogens is 435 g/mol. The van der Waals surface area contributed by atoms with Gasteiger partial charge >= 0.3 is 6.03 Å². The number of halogens is 1. The molecule has 1 aliphatic heterocycles. The highest BCUT2D eigenvalue weighted by Gasteiger charge is 2.34. The largest absolute Gasteiger partial charge is 0.497 e. The van der Waals surface area contributed by atoms with Crippen LogP contribution in [-0.2, 0) is 11.3 Å². The number of amides is 3. The molecular formula is C26H29FN4O3. The summed E-state index contributed by atoms with van der Waals surface area (Å²) >= 11 is 0. The Morgan fingerprint density at radius 3 is 2.56 bits per heavy atom. The molecule has 0 fully saturated rings. The fourth-order valence-electron chi connectivity index (χ4n) is 4.27. The lowest BCUT2D eigenvalue weighted by molar-refractivity contribution is -0.134. The molecule has 0 aliphatic carbocycles. The van der Waals surface area contributed by atoms with Crippen LogP contribution in [0.25, 0.3) is 0 Å². The first-order valence-corrected chi connectivity index (χ1v) is 11.3. The molecule has 0 spiro atoms. The zero-order valence-electron chi connectivity index (χ0n) is 19.6. The van der Waals surface area contributed by atoms with Crippen LogP contribution in [0.3, 0.4) is 0 Å². The van der Waals surface area contributed by atoms with Crippen LogP contribution < -0.4 is 10.1 Å². The Balaban J connectivity index is 1.55. The van der Waals surface area contributed by atoms with Gasteiger partial charge in [0.25, 0.3) is 0 Å². The summed E-state index contributed by atoms with van der Waals surface area (Å²) < 4.78 is 21.3. The fourth-order valence-corrected chi connectivity index (χ4v) is 4.27. The molecule has 0 saturated carbocycles. The van der Waals surface area contributed by atoms with E-state index in [1.807, 2.05) is 38.2 Å². The Morgan fingerprint density at radius 1 is 1.12 bits per heavy atom. The van der Waals surface area contributed by atoms with Crippen molar-refractivity contribution in [2.24, 2.45) is 0 Å². The van der Waals surface area contributed by atoms with Gasteiger partial charge < -0.3 is 24.4 Å². The van der Waals surface area contributed by atoms with Gasteiger partial charge in [0.1, 0.15) is 18.1 Å². The van der Waals surface area contributed by atoms with Crippen LogP contribution in [0.5, 0.6) is 5.75 Å². The highest BCUT2D eigenvalue weighted by molar-refractivity contribution is 5.92. The minimum absolute atomic E-state index is 0.0911. The van der Waals surface area contributed by atoms with E-state index >= 15 is 0 Å². The molecule has 1 aromatic heterocycles. The van der Waals surface area contributed by atoms with E-state index in [1.165, 1.54) is 17.0 Å². The van der Waals surface area contributed by atoms with Crippen LogP contribution in [0.4, 0.5) is 14.9 Å². The molecule has 4 rings (SSSR count). The van der Waals surface area contributed by atoms with Gasteiger partial charge in [-0.1, -0.05) is 12.1 Å². The quantitative estimate of drug-likeness (QED) is 0.584. The molecule has 1 atom stereocenters. The molecule has 1 N–H and O–H groups in total. The molecule has 34 heavy (non-hydrogen) atoms. The van der Waals surface area contributed by atoms with Crippen molar-refractivity contribution < 1.29 is 18.7 Å². The summed E-state index contributed by atoms with van der Waals surface area (Å²) in [6.07, 6.45) is 1.96. The van der Waals surface area contributed by atoms with Crippen molar-refractivity contribution in [3.8, 4) is 5.75 Å². The van der Waals surface area contributed by atoms with Crippen molar-refractivity contribution >= 4 is 17.6 Å². The molecule has 178 valence electrons. The minimum Gasteiger partial charge on any atom is -0.497 e. The first-order valence-electron chi connectivity index (χ1n) is 11.3. The topological polar surface area (TPSA) is 66.8 Å². The normalized spacial score (nSPS) is 15.1. The third-order valence-corrected chi connectivity index (χ3v) is 6.05. The highest BCUT2D eigenvalue weighted by Crippen LogP contribution is 2.33. The minimum atomic E-state index is -0.425. The number of methoxy groups -OCH3 is 1. The Hall–Kier alpha value is -3.81. The number of nitrogens with one attached hydrogen (secondary N) is 1. The molecule has 0 saturated heterocycles. The molecule has 1 unspecified atom stereocenters. The number of anilines is 1. The molecule has 3 amide bonds. The number of hydrogen-bond donors (Lipinski definition) is 1. The first-order chi connectivity index (χ1) is 16.4.